The Morgan fingerprint density at radius 3 is 2.87 bits per heavy atom. The molecule has 0 aromatic heterocycles. The molecule has 3 atom stereocenters. The van der Waals surface area contributed by atoms with Crippen molar-refractivity contribution in [2.24, 2.45) is 11.7 Å². The summed E-state index contributed by atoms with van der Waals surface area (Å²) in [6.07, 6.45) is 3.97. The van der Waals surface area contributed by atoms with Gasteiger partial charge in [-0.15, -0.1) is 0 Å². The Hall–Kier alpha value is -0.610. The van der Waals surface area contributed by atoms with E-state index in [2.05, 4.69) is 12.2 Å². The minimum Gasteiger partial charge on any atom is -0.385 e. The van der Waals surface area contributed by atoms with Crippen molar-refractivity contribution >= 4 is 5.91 Å². The average molecular weight is 214 g/mol. The highest BCUT2D eigenvalue weighted by Gasteiger charge is 2.24. The Morgan fingerprint density at radius 1 is 1.60 bits per heavy atom. The van der Waals surface area contributed by atoms with Gasteiger partial charge in [-0.1, -0.05) is 6.92 Å². The van der Waals surface area contributed by atoms with E-state index < -0.39 is 6.04 Å². The van der Waals surface area contributed by atoms with Crippen molar-refractivity contribution in [2.75, 3.05) is 13.7 Å². The van der Waals surface area contributed by atoms with Gasteiger partial charge in [-0.2, -0.15) is 0 Å². The molecule has 88 valence electrons. The minimum atomic E-state index is -0.430. The van der Waals surface area contributed by atoms with Crippen LogP contribution < -0.4 is 11.1 Å². The number of nitrogens with one attached hydrogen (secondary N) is 1. The van der Waals surface area contributed by atoms with Gasteiger partial charge in [0.25, 0.3) is 0 Å². The number of rotatable bonds is 5. The van der Waals surface area contributed by atoms with Crippen LogP contribution in [0.25, 0.3) is 0 Å². The summed E-state index contributed by atoms with van der Waals surface area (Å²) < 4.78 is 4.89. The summed E-state index contributed by atoms with van der Waals surface area (Å²) in [5.41, 5.74) is 5.72. The molecule has 0 aliphatic heterocycles. The fourth-order valence-corrected chi connectivity index (χ4v) is 2.02. The van der Waals surface area contributed by atoms with Gasteiger partial charge in [0.15, 0.2) is 0 Å². The van der Waals surface area contributed by atoms with Crippen LogP contribution in [0.15, 0.2) is 0 Å². The van der Waals surface area contributed by atoms with Gasteiger partial charge in [-0.25, -0.2) is 0 Å². The zero-order valence-electron chi connectivity index (χ0n) is 9.66. The molecule has 1 amide bonds. The Labute approximate surface area is 91.5 Å². The Kier molecular flexibility index (Phi) is 5.05. The standard InChI is InChI=1S/C11H22N2O2/c1-8-3-4-9(7-8)13-11(14)10(12)5-6-15-2/h8-10H,3-7,12H2,1-2H3,(H,13,14). The van der Waals surface area contributed by atoms with Crippen molar-refractivity contribution < 1.29 is 9.53 Å². The lowest BCUT2D eigenvalue weighted by Crippen LogP contribution is -2.45. The van der Waals surface area contributed by atoms with Gasteiger partial charge in [-0.3, -0.25) is 4.79 Å². The van der Waals surface area contributed by atoms with E-state index in [1.165, 1.54) is 6.42 Å². The van der Waals surface area contributed by atoms with E-state index in [-0.39, 0.29) is 5.91 Å². The number of amides is 1. The number of hydrogen-bond acceptors (Lipinski definition) is 3. The second kappa shape index (κ2) is 6.08. The van der Waals surface area contributed by atoms with Crippen LogP contribution in [0.4, 0.5) is 0 Å². The molecule has 0 saturated heterocycles. The summed E-state index contributed by atoms with van der Waals surface area (Å²) in [5.74, 6) is 0.691. The zero-order valence-corrected chi connectivity index (χ0v) is 9.66. The lowest BCUT2D eigenvalue weighted by atomic mass is 10.1. The Bertz CT molecular complexity index is 209. The van der Waals surface area contributed by atoms with Gasteiger partial charge in [0, 0.05) is 19.8 Å². The van der Waals surface area contributed by atoms with Gasteiger partial charge >= 0.3 is 0 Å². The number of hydrogen-bond donors (Lipinski definition) is 2. The normalized spacial score (nSPS) is 27.7. The zero-order chi connectivity index (χ0) is 11.3. The van der Waals surface area contributed by atoms with E-state index in [9.17, 15) is 4.79 Å². The maximum absolute atomic E-state index is 11.6. The summed E-state index contributed by atoms with van der Waals surface area (Å²) >= 11 is 0. The lowest BCUT2D eigenvalue weighted by molar-refractivity contribution is -0.123. The van der Waals surface area contributed by atoms with Crippen molar-refractivity contribution in [3.8, 4) is 0 Å². The van der Waals surface area contributed by atoms with Crippen LogP contribution in [0.5, 0.6) is 0 Å². The van der Waals surface area contributed by atoms with Gasteiger partial charge in [0.05, 0.1) is 6.04 Å². The Balaban J connectivity index is 2.22. The molecule has 1 aliphatic rings. The van der Waals surface area contributed by atoms with E-state index in [0.717, 1.165) is 18.8 Å². The van der Waals surface area contributed by atoms with Gasteiger partial charge in [0.1, 0.15) is 0 Å². The molecular formula is C11H22N2O2. The third-order valence-electron chi connectivity index (χ3n) is 3.01. The minimum absolute atomic E-state index is 0.0360. The van der Waals surface area contributed by atoms with Crippen LogP contribution in [0.1, 0.15) is 32.6 Å². The highest BCUT2D eigenvalue weighted by atomic mass is 16.5. The van der Waals surface area contributed by atoms with E-state index in [1.807, 2.05) is 0 Å². The number of carbonyl (C=O) groups is 1. The molecule has 1 rings (SSSR count). The first-order valence-corrected chi connectivity index (χ1v) is 5.68. The van der Waals surface area contributed by atoms with Crippen LogP contribution in [0.3, 0.4) is 0 Å². The van der Waals surface area contributed by atoms with Crippen molar-refractivity contribution in [1.29, 1.82) is 0 Å². The van der Waals surface area contributed by atoms with Gasteiger partial charge < -0.3 is 15.8 Å². The van der Waals surface area contributed by atoms with Crippen molar-refractivity contribution in [3.63, 3.8) is 0 Å². The van der Waals surface area contributed by atoms with E-state index in [0.29, 0.717) is 19.1 Å². The quantitative estimate of drug-likeness (QED) is 0.706. The molecule has 0 radical (unpaired) electrons. The molecule has 3 unspecified atom stereocenters. The third kappa shape index (κ3) is 4.18. The molecule has 1 aliphatic carbocycles. The number of carbonyl (C=O) groups excluding carboxylic acids is 1. The van der Waals surface area contributed by atoms with Crippen LogP contribution in [0, 0.1) is 5.92 Å². The monoisotopic (exact) mass is 214 g/mol. The molecule has 4 heteroatoms. The summed E-state index contributed by atoms with van der Waals surface area (Å²) in [6.45, 7) is 2.76. The van der Waals surface area contributed by atoms with Crippen LogP contribution in [0.2, 0.25) is 0 Å². The Morgan fingerprint density at radius 2 is 2.33 bits per heavy atom. The predicted molar refractivity (Wildman–Crippen MR) is 59.4 cm³/mol. The SMILES string of the molecule is COCCC(N)C(=O)NC1CCC(C)C1. The fraction of sp³-hybridized carbons (Fsp3) is 0.909. The maximum atomic E-state index is 11.6. The molecule has 0 aromatic carbocycles. The molecular weight excluding hydrogens is 192 g/mol. The number of nitrogens with two attached hydrogens (primary N) is 1. The highest BCUT2D eigenvalue weighted by Crippen LogP contribution is 2.24. The van der Waals surface area contributed by atoms with Gasteiger partial charge in [0.2, 0.25) is 5.91 Å². The molecule has 0 spiro atoms. The van der Waals surface area contributed by atoms with Gasteiger partial charge in [-0.05, 0) is 31.6 Å². The average Bonchev–Trinajstić information content (AvgIpc) is 2.60. The molecule has 15 heavy (non-hydrogen) atoms. The number of methoxy groups -OCH3 is 1. The molecule has 0 aromatic rings. The largest absolute Gasteiger partial charge is 0.385 e. The summed E-state index contributed by atoms with van der Waals surface area (Å²) in [4.78, 5) is 11.6. The maximum Gasteiger partial charge on any atom is 0.237 e. The van der Waals surface area contributed by atoms with Crippen molar-refractivity contribution in [2.45, 2.75) is 44.7 Å². The predicted octanol–water partition coefficient (Wildman–Crippen LogP) is 0.655. The smallest absolute Gasteiger partial charge is 0.237 e. The molecule has 4 nitrogen and oxygen atoms in total. The summed E-state index contributed by atoms with van der Waals surface area (Å²) in [6, 6.07) is -0.0954. The second-order valence-electron chi connectivity index (χ2n) is 4.51. The van der Waals surface area contributed by atoms with Crippen LogP contribution >= 0.6 is 0 Å². The lowest BCUT2D eigenvalue weighted by Gasteiger charge is -2.16. The molecule has 1 saturated carbocycles. The van der Waals surface area contributed by atoms with Crippen LogP contribution in [-0.2, 0) is 9.53 Å². The van der Waals surface area contributed by atoms with Crippen LogP contribution in [-0.4, -0.2) is 31.7 Å². The molecule has 3 N–H and O–H groups in total. The summed E-state index contributed by atoms with van der Waals surface area (Å²) in [7, 11) is 1.61. The van der Waals surface area contributed by atoms with Crippen molar-refractivity contribution in [1.82, 2.24) is 5.32 Å². The second-order valence-corrected chi connectivity index (χ2v) is 4.51. The van der Waals surface area contributed by atoms with Crippen molar-refractivity contribution in [3.05, 3.63) is 0 Å². The fourth-order valence-electron chi connectivity index (χ4n) is 2.02. The first kappa shape index (κ1) is 12.5. The van der Waals surface area contributed by atoms with E-state index >= 15 is 0 Å². The summed E-state index contributed by atoms with van der Waals surface area (Å²) in [5, 5.41) is 3.00. The van der Waals surface area contributed by atoms with E-state index in [1.54, 1.807) is 7.11 Å². The van der Waals surface area contributed by atoms with E-state index in [4.69, 9.17) is 10.5 Å². The topological polar surface area (TPSA) is 64.3 Å². The molecule has 0 heterocycles. The molecule has 1 fully saturated rings. The molecule has 0 bridgehead atoms. The first-order chi connectivity index (χ1) is 7.13. The highest BCUT2D eigenvalue weighted by molar-refractivity contribution is 5.81. The number of ether oxygens (including phenoxy) is 1. The third-order valence-corrected chi connectivity index (χ3v) is 3.01. The first-order valence-electron chi connectivity index (χ1n) is 5.68.